The highest BCUT2D eigenvalue weighted by Gasteiger charge is 2.32. The Balaban J connectivity index is 1.62. The highest BCUT2D eigenvalue weighted by Crippen LogP contribution is 2.37. The van der Waals surface area contributed by atoms with Gasteiger partial charge in [-0.25, -0.2) is 4.98 Å². The van der Waals surface area contributed by atoms with Gasteiger partial charge in [0.2, 0.25) is 0 Å². The third kappa shape index (κ3) is 6.39. The number of amides is 1. The van der Waals surface area contributed by atoms with Crippen LogP contribution in [0.25, 0.3) is 11.4 Å². The molecule has 0 unspecified atom stereocenters. The molecule has 4 rings (SSSR count). The van der Waals surface area contributed by atoms with Crippen molar-refractivity contribution in [1.29, 1.82) is 0 Å². The number of hydrogen-bond donors (Lipinski definition) is 1. The number of imidazole rings is 1. The Kier molecular flexibility index (Phi) is 8.42. The minimum absolute atomic E-state index is 0.180. The summed E-state index contributed by atoms with van der Waals surface area (Å²) < 4.78 is 47.6. The number of benzene rings is 1. The van der Waals surface area contributed by atoms with Gasteiger partial charge in [0.05, 0.1) is 10.6 Å². The zero-order valence-corrected chi connectivity index (χ0v) is 20.9. The fourth-order valence-electron chi connectivity index (χ4n) is 5.19. The maximum Gasteiger partial charge on any atom is 0.416 e. The predicted octanol–water partition coefficient (Wildman–Crippen LogP) is 6.66. The molecule has 1 N–H and O–H groups in total. The van der Waals surface area contributed by atoms with E-state index in [-0.39, 0.29) is 22.2 Å². The molecular formula is C26H33ClF3N3O2. The van der Waals surface area contributed by atoms with Crippen molar-refractivity contribution in [2.24, 2.45) is 11.8 Å². The zero-order chi connectivity index (χ0) is 25.0. The van der Waals surface area contributed by atoms with Crippen molar-refractivity contribution in [1.82, 2.24) is 14.9 Å². The summed E-state index contributed by atoms with van der Waals surface area (Å²) in [5.74, 6) is 0.929. The zero-order valence-electron chi connectivity index (χ0n) is 20.1. The second kappa shape index (κ2) is 11.3. The first kappa shape index (κ1) is 26.0. The maximum absolute atomic E-state index is 13.5. The van der Waals surface area contributed by atoms with Gasteiger partial charge in [-0.2, -0.15) is 13.2 Å². The van der Waals surface area contributed by atoms with E-state index in [1.807, 2.05) is 11.5 Å². The SMILES string of the molecule is Cc1c(C(=O)NCCC2CCOCC2)nc(-c2cc(C(F)(F)F)ccc2Cl)n1CC1CCCCC1. The summed E-state index contributed by atoms with van der Waals surface area (Å²) in [5, 5.41) is 3.14. The van der Waals surface area contributed by atoms with Gasteiger partial charge in [-0.3, -0.25) is 4.79 Å². The Bertz CT molecular complexity index is 1030. The summed E-state index contributed by atoms with van der Waals surface area (Å²) in [6, 6.07) is 3.26. The average Bonchev–Trinajstić information content (AvgIpc) is 3.16. The van der Waals surface area contributed by atoms with Crippen LogP contribution in [0, 0.1) is 18.8 Å². The van der Waals surface area contributed by atoms with Crippen molar-refractivity contribution < 1.29 is 22.7 Å². The smallest absolute Gasteiger partial charge is 0.381 e. The summed E-state index contributed by atoms with van der Waals surface area (Å²) in [4.78, 5) is 17.7. The van der Waals surface area contributed by atoms with Crippen LogP contribution in [-0.4, -0.2) is 35.2 Å². The lowest BCUT2D eigenvalue weighted by molar-refractivity contribution is -0.137. The Hall–Kier alpha value is -2.06. The van der Waals surface area contributed by atoms with Gasteiger partial charge in [-0.05, 0) is 69.1 Å². The van der Waals surface area contributed by atoms with E-state index in [1.54, 1.807) is 0 Å². The third-order valence-corrected chi connectivity index (χ3v) is 7.64. The third-order valence-electron chi connectivity index (χ3n) is 7.32. The van der Waals surface area contributed by atoms with Gasteiger partial charge in [0.15, 0.2) is 0 Å². The van der Waals surface area contributed by atoms with Crippen LogP contribution in [0.4, 0.5) is 13.2 Å². The van der Waals surface area contributed by atoms with Gasteiger partial charge >= 0.3 is 6.18 Å². The lowest BCUT2D eigenvalue weighted by atomic mass is 9.89. The number of ether oxygens (including phenoxy) is 1. The van der Waals surface area contributed by atoms with Crippen LogP contribution in [0.5, 0.6) is 0 Å². The van der Waals surface area contributed by atoms with E-state index in [0.717, 1.165) is 70.3 Å². The Morgan fingerprint density at radius 3 is 2.54 bits per heavy atom. The molecule has 2 aromatic rings. The van der Waals surface area contributed by atoms with E-state index in [9.17, 15) is 18.0 Å². The van der Waals surface area contributed by atoms with Gasteiger partial charge in [0.25, 0.3) is 5.91 Å². The van der Waals surface area contributed by atoms with Gasteiger partial charge in [-0.1, -0.05) is 30.9 Å². The second-order valence-electron chi connectivity index (χ2n) is 9.78. The van der Waals surface area contributed by atoms with Gasteiger partial charge in [-0.15, -0.1) is 0 Å². The number of rotatable bonds is 7. The van der Waals surface area contributed by atoms with E-state index in [0.29, 0.717) is 36.4 Å². The quantitative estimate of drug-likeness (QED) is 0.452. The molecule has 2 aliphatic rings. The number of halogens is 4. The lowest BCUT2D eigenvalue weighted by Gasteiger charge is -2.24. The van der Waals surface area contributed by atoms with Crippen molar-refractivity contribution in [2.75, 3.05) is 19.8 Å². The summed E-state index contributed by atoms with van der Waals surface area (Å²) in [6.07, 6.45) is 3.93. The molecule has 192 valence electrons. The first-order valence-electron chi connectivity index (χ1n) is 12.5. The van der Waals surface area contributed by atoms with Gasteiger partial charge in [0, 0.05) is 37.6 Å². The minimum atomic E-state index is -4.50. The van der Waals surface area contributed by atoms with Crippen LogP contribution < -0.4 is 5.32 Å². The normalized spacial score (nSPS) is 18.1. The molecule has 0 spiro atoms. The van der Waals surface area contributed by atoms with Crippen LogP contribution in [0.15, 0.2) is 18.2 Å². The van der Waals surface area contributed by atoms with E-state index >= 15 is 0 Å². The average molecular weight is 512 g/mol. The molecule has 1 aliphatic heterocycles. The number of alkyl halides is 3. The Labute approximate surface area is 209 Å². The molecule has 0 atom stereocenters. The summed E-state index contributed by atoms with van der Waals surface area (Å²) >= 11 is 6.37. The van der Waals surface area contributed by atoms with Crippen molar-refractivity contribution in [3.63, 3.8) is 0 Å². The molecule has 1 amide bonds. The number of hydrogen-bond acceptors (Lipinski definition) is 3. The van der Waals surface area contributed by atoms with Crippen molar-refractivity contribution in [3.8, 4) is 11.4 Å². The molecule has 2 fully saturated rings. The lowest BCUT2D eigenvalue weighted by Crippen LogP contribution is -2.28. The van der Waals surface area contributed by atoms with Crippen LogP contribution in [-0.2, 0) is 17.5 Å². The fraction of sp³-hybridized carbons (Fsp3) is 0.615. The number of carbonyl (C=O) groups is 1. The maximum atomic E-state index is 13.5. The number of carbonyl (C=O) groups excluding carboxylic acids is 1. The second-order valence-corrected chi connectivity index (χ2v) is 10.2. The van der Waals surface area contributed by atoms with Gasteiger partial charge < -0.3 is 14.6 Å². The highest BCUT2D eigenvalue weighted by atomic mass is 35.5. The van der Waals surface area contributed by atoms with Crippen molar-refractivity contribution in [2.45, 2.75) is 71.0 Å². The Morgan fingerprint density at radius 2 is 1.86 bits per heavy atom. The van der Waals surface area contributed by atoms with E-state index in [2.05, 4.69) is 10.3 Å². The Morgan fingerprint density at radius 1 is 1.14 bits per heavy atom. The molecule has 35 heavy (non-hydrogen) atoms. The standard InChI is InChI=1S/C26H33ClF3N3O2/c1-17-23(25(34)31-12-9-18-10-13-35-14-11-18)32-24(33(17)16-19-5-3-2-4-6-19)21-15-20(26(28,29)30)7-8-22(21)27/h7-8,15,18-19H,2-6,9-14,16H2,1H3,(H,31,34). The molecule has 1 saturated heterocycles. The molecule has 1 aromatic heterocycles. The largest absolute Gasteiger partial charge is 0.416 e. The highest BCUT2D eigenvalue weighted by molar-refractivity contribution is 6.33. The number of nitrogens with one attached hydrogen (secondary N) is 1. The topological polar surface area (TPSA) is 56.1 Å². The fourth-order valence-corrected chi connectivity index (χ4v) is 5.39. The summed E-state index contributed by atoms with van der Waals surface area (Å²) in [5.41, 5.74) is 0.310. The summed E-state index contributed by atoms with van der Waals surface area (Å²) in [7, 11) is 0. The molecule has 1 aliphatic carbocycles. The predicted molar refractivity (Wildman–Crippen MR) is 129 cm³/mol. The summed E-state index contributed by atoms with van der Waals surface area (Å²) in [6.45, 7) is 4.46. The molecule has 2 heterocycles. The van der Waals surface area contributed by atoms with Crippen molar-refractivity contribution >= 4 is 17.5 Å². The molecule has 1 saturated carbocycles. The van der Waals surface area contributed by atoms with Crippen molar-refractivity contribution in [3.05, 3.63) is 40.2 Å². The molecule has 0 radical (unpaired) electrons. The minimum Gasteiger partial charge on any atom is -0.381 e. The first-order chi connectivity index (χ1) is 16.7. The van der Waals surface area contributed by atoms with Crippen LogP contribution in [0.2, 0.25) is 5.02 Å². The molecule has 1 aromatic carbocycles. The van der Waals surface area contributed by atoms with Crippen LogP contribution >= 0.6 is 11.6 Å². The van der Waals surface area contributed by atoms with E-state index in [1.165, 1.54) is 12.5 Å². The van der Waals surface area contributed by atoms with E-state index < -0.39 is 11.7 Å². The monoisotopic (exact) mass is 511 g/mol. The van der Waals surface area contributed by atoms with E-state index in [4.69, 9.17) is 16.3 Å². The molecular weight excluding hydrogens is 479 g/mol. The van der Waals surface area contributed by atoms with Crippen LogP contribution in [0.3, 0.4) is 0 Å². The number of nitrogens with zero attached hydrogens (tertiary/aromatic N) is 2. The first-order valence-corrected chi connectivity index (χ1v) is 12.9. The molecule has 0 bridgehead atoms. The van der Waals surface area contributed by atoms with Crippen LogP contribution in [0.1, 0.15) is 73.1 Å². The molecule has 5 nitrogen and oxygen atoms in total. The molecule has 9 heteroatoms. The number of aromatic nitrogens is 2. The van der Waals surface area contributed by atoms with Gasteiger partial charge in [0.1, 0.15) is 11.5 Å².